The maximum Gasteiger partial charge on any atom is 0.252 e. The van der Waals surface area contributed by atoms with Gasteiger partial charge in [-0.15, -0.1) is 0 Å². The average Bonchev–Trinajstić information content (AvgIpc) is 2.53. The van der Waals surface area contributed by atoms with E-state index in [2.05, 4.69) is 5.32 Å². The van der Waals surface area contributed by atoms with Gasteiger partial charge in [-0.3, -0.25) is 9.59 Å². The zero-order valence-corrected chi connectivity index (χ0v) is 12.1. The lowest BCUT2D eigenvalue weighted by atomic mass is 10.0. The Hall–Kier alpha value is -2.87. The first kappa shape index (κ1) is 15.5. The van der Waals surface area contributed by atoms with E-state index >= 15 is 0 Å². The van der Waals surface area contributed by atoms with Gasteiger partial charge in [0, 0.05) is 12.0 Å². The van der Waals surface area contributed by atoms with Gasteiger partial charge in [-0.1, -0.05) is 36.4 Å². The van der Waals surface area contributed by atoms with Crippen LogP contribution in [0.1, 0.15) is 29.6 Å². The molecule has 2 aromatic rings. The fraction of sp³-hybridized carbons (Fsp3) is 0.235. The van der Waals surface area contributed by atoms with Crippen LogP contribution in [0.25, 0.3) is 10.8 Å². The van der Waals surface area contributed by atoms with Gasteiger partial charge in [0.2, 0.25) is 5.91 Å². The van der Waals surface area contributed by atoms with E-state index in [-0.39, 0.29) is 5.91 Å². The maximum absolute atomic E-state index is 12.4. The highest BCUT2D eigenvalue weighted by Gasteiger charge is 2.19. The normalized spacial score (nSPS) is 11.6. The number of hydrogen-bond acceptors (Lipinski definition) is 3. The Balaban J connectivity index is 2.19. The standard InChI is InChI=1S/C17H17N3O2/c18-11-4-3-10-15(16(19)21)20-17(22)14-9-5-7-12-6-1-2-8-13(12)14/h1-2,5-9,15H,3-4,10H2,(H2,19,21)(H,20,22)/t15-/m1/s1. The minimum absolute atomic E-state index is 0.327. The van der Waals surface area contributed by atoms with Crippen molar-refractivity contribution in [3.63, 3.8) is 0 Å². The number of nitriles is 1. The van der Waals surface area contributed by atoms with Gasteiger partial charge in [0.25, 0.3) is 5.91 Å². The van der Waals surface area contributed by atoms with Crippen molar-refractivity contribution in [3.05, 3.63) is 48.0 Å². The van der Waals surface area contributed by atoms with Crippen molar-refractivity contribution in [1.82, 2.24) is 5.32 Å². The van der Waals surface area contributed by atoms with E-state index < -0.39 is 11.9 Å². The van der Waals surface area contributed by atoms with Crippen molar-refractivity contribution in [3.8, 4) is 6.07 Å². The van der Waals surface area contributed by atoms with Crippen LogP contribution in [0.4, 0.5) is 0 Å². The largest absolute Gasteiger partial charge is 0.368 e. The number of rotatable bonds is 6. The summed E-state index contributed by atoms with van der Waals surface area (Å²) < 4.78 is 0. The van der Waals surface area contributed by atoms with Gasteiger partial charge in [-0.05, 0) is 29.7 Å². The van der Waals surface area contributed by atoms with Crippen LogP contribution >= 0.6 is 0 Å². The third-order valence-electron chi connectivity index (χ3n) is 3.46. The summed E-state index contributed by atoms with van der Waals surface area (Å²) in [7, 11) is 0. The van der Waals surface area contributed by atoms with Crippen LogP contribution < -0.4 is 11.1 Å². The number of benzene rings is 2. The molecule has 5 nitrogen and oxygen atoms in total. The highest BCUT2D eigenvalue weighted by Crippen LogP contribution is 2.18. The monoisotopic (exact) mass is 295 g/mol. The Bertz CT molecular complexity index is 729. The molecule has 2 amide bonds. The number of hydrogen-bond donors (Lipinski definition) is 2. The van der Waals surface area contributed by atoms with Crippen molar-refractivity contribution in [1.29, 1.82) is 5.26 Å². The van der Waals surface area contributed by atoms with Crippen molar-refractivity contribution in [2.24, 2.45) is 5.73 Å². The van der Waals surface area contributed by atoms with Gasteiger partial charge in [0.1, 0.15) is 6.04 Å². The molecule has 0 aromatic heterocycles. The average molecular weight is 295 g/mol. The molecule has 0 aliphatic carbocycles. The molecule has 2 rings (SSSR count). The zero-order valence-electron chi connectivity index (χ0n) is 12.1. The summed E-state index contributed by atoms with van der Waals surface area (Å²) in [6.07, 6.45) is 1.20. The molecule has 0 aliphatic rings. The van der Waals surface area contributed by atoms with E-state index in [0.29, 0.717) is 24.8 Å². The molecule has 0 saturated carbocycles. The number of primary amides is 1. The molecular weight excluding hydrogens is 278 g/mol. The summed E-state index contributed by atoms with van der Waals surface area (Å²) in [5.74, 6) is -0.927. The molecule has 5 heteroatoms. The molecule has 0 heterocycles. The molecule has 0 bridgehead atoms. The van der Waals surface area contributed by atoms with Crippen molar-refractivity contribution < 1.29 is 9.59 Å². The maximum atomic E-state index is 12.4. The molecule has 0 fully saturated rings. The van der Waals surface area contributed by atoms with E-state index in [1.165, 1.54) is 0 Å². The Labute approximate surface area is 128 Å². The van der Waals surface area contributed by atoms with Gasteiger partial charge in [-0.2, -0.15) is 5.26 Å². The number of carbonyl (C=O) groups is 2. The Kier molecular flexibility index (Phi) is 5.10. The number of carbonyl (C=O) groups excluding carboxylic acids is 2. The van der Waals surface area contributed by atoms with Crippen molar-refractivity contribution in [2.75, 3.05) is 0 Å². The molecule has 0 spiro atoms. The number of fused-ring (bicyclic) bond motifs is 1. The second kappa shape index (κ2) is 7.23. The van der Waals surface area contributed by atoms with Crippen LogP contribution in [0.3, 0.4) is 0 Å². The van der Waals surface area contributed by atoms with Gasteiger partial charge >= 0.3 is 0 Å². The number of nitrogens with one attached hydrogen (secondary N) is 1. The summed E-state index contributed by atoms with van der Waals surface area (Å²) in [6.45, 7) is 0. The zero-order chi connectivity index (χ0) is 15.9. The fourth-order valence-electron chi connectivity index (χ4n) is 2.33. The number of nitrogens with two attached hydrogens (primary N) is 1. The first-order valence-corrected chi connectivity index (χ1v) is 7.08. The third-order valence-corrected chi connectivity index (χ3v) is 3.46. The van der Waals surface area contributed by atoms with Crippen molar-refractivity contribution in [2.45, 2.75) is 25.3 Å². The molecule has 0 saturated heterocycles. The molecule has 1 atom stereocenters. The van der Waals surface area contributed by atoms with E-state index in [1.807, 2.05) is 36.4 Å². The SMILES string of the molecule is N#CCCC[C@@H](NC(=O)c1cccc2ccccc12)C(N)=O. The predicted molar refractivity (Wildman–Crippen MR) is 83.9 cm³/mol. The highest BCUT2D eigenvalue weighted by atomic mass is 16.2. The number of nitrogens with zero attached hydrogens (tertiary/aromatic N) is 1. The van der Waals surface area contributed by atoms with Crippen LogP contribution in [0.15, 0.2) is 42.5 Å². The second-order valence-electron chi connectivity index (χ2n) is 5.01. The Morgan fingerprint density at radius 2 is 1.91 bits per heavy atom. The van der Waals surface area contributed by atoms with Gasteiger partial charge in [0.15, 0.2) is 0 Å². The number of unbranched alkanes of at least 4 members (excludes halogenated alkanes) is 1. The topological polar surface area (TPSA) is 96.0 Å². The molecule has 0 aliphatic heterocycles. The van der Waals surface area contributed by atoms with Crippen molar-refractivity contribution >= 4 is 22.6 Å². The van der Waals surface area contributed by atoms with Crippen LogP contribution in [0.2, 0.25) is 0 Å². The predicted octanol–water partition coefficient (Wildman–Crippen LogP) is 2.12. The van der Waals surface area contributed by atoms with Gasteiger partial charge in [-0.25, -0.2) is 0 Å². The first-order chi connectivity index (χ1) is 10.6. The third kappa shape index (κ3) is 3.61. The van der Waals surface area contributed by atoms with E-state index in [0.717, 1.165) is 10.8 Å². The molecule has 2 aromatic carbocycles. The fourth-order valence-corrected chi connectivity index (χ4v) is 2.33. The van der Waals surface area contributed by atoms with E-state index in [9.17, 15) is 9.59 Å². The minimum Gasteiger partial charge on any atom is -0.368 e. The van der Waals surface area contributed by atoms with Crippen LogP contribution in [-0.4, -0.2) is 17.9 Å². The molecule has 3 N–H and O–H groups in total. The molecule has 112 valence electrons. The minimum atomic E-state index is -0.764. The lowest BCUT2D eigenvalue weighted by Gasteiger charge is -2.15. The molecule has 0 radical (unpaired) electrons. The Morgan fingerprint density at radius 1 is 1.18 bits per heavy atom. The highest BCUT2D eigenvalue weighted by molar-refractivity contribution is 6.08. The van der Waals surface area contributed by atoms with E-state index in [1.54, 1.807) is 12.1 Å². The van der Waals surface area contributed by atoms with Gasteiger partial charge in [0.05, 0.1) is 6.07 Å². The summed E-state index contributed by atoms with van der Waals surface area (Å²) in [5.41, 5.74) is 5.83. The first-order valence-electron chi connectivity index (χ1n) is 7.08. The molecular formula is C17H17N3O2. The van der Waals surface area contributed by atoms with Crippen LogP contribution in [-0.2, 0) is 4.79 Å². The van der Waals surface area contributed by atoms with Crippen LogP contribution in [0, 0.1) is 11.3 Å². The Morgan fingerprint density at radius 3 is 2.64 bits per heavy atom. The van der Waals surface area contributed by atoms with Crippen LogP contribution in [0.5, 0.6) is 0 Å². The summed E-state index contributed by atoms with van der Waals surface area (Å²) in [5, 5.41) is 13.0. The smallest absolute Gasteiger partial charge is 0.252 e. The molecule has 0 unspecified atom stereocenters. The second-order valence-corrected chi connectivity index (χ2v) is 5.01. The summed E-state index contributed by atoms with van der Waals surface area (Å²) in [6, 6.07) is 14.2. The number of amides is 2. The summed E-state index contributed by atoms with van der Waals surface area (Å²) in [4.78, 5) is 23.9. The van der Waals surface area contributed by atoms with Gasteiger partial charge < -0.3 is 11.1 Å². The lowest BCUT2D eigenvalue weighted by Crippen LogP contribution is -2.44. The van der Waals surface area contributed by atoms with E-state index in [4.69, 9.17) is 11.0 Å². The quantitative estimate of drug-likeness (QED) is 0.799. The molecule has 22 heavy (non-hydrogen) atoms. The lowest BCUT2D eigenvalue weighted by molar-refractivity contribution is -0.120. The summed E-state index contributed by atoms with van der Waals surface area (Å²) >= 11 is 0.